The molecule has 2 aromatic carbocycles. The minimum Gasteiger partial charge on any atom is -0.322 e. The number of anilines is 2. The highest BCUT2D eigenvalue weighted by Gasteiger charge is 2.13. The molecular formula is C14H12ClIN2O3S. The molecule has 0 radical (unpaired) electrons. The first kappa shape index (κ1) is 17.0. The van der Waals surface area contributed by atoms with Crippen LogP contribution in [0.25, 0.3) is 0 Å². The summed E-state index contributed by atoms with van der Waals surface area (Å²) >= 11 is 8.18. The molecule has 8 heteroatoms. The summed E-state index contributed by atoms with van der Waals surface area (Å²) in [5, 5.41) is 2.95. The third-order valence-corrected chi connectivity index (χ3v) is 4.27. The lowest BCUT2D eigenvalue weighted by Crippen LogP contribution is -2.14. The zero-order valence-electron chi connectivity index (χ0n) is 11.4. The molecule has 5 nitrogen and oxygen atoms in total. The average molecular weight is 451 g/mol. The largest absolute Gasteiger partial charge is 0.322 e. The first-order valence-corrected chi connectivity index (χ1v) is 9.44. The first-order chi connectivity index (χ1) is 10.2. The van der Waals surface area contributed by atoms with E-state index < -0.39 is 15.9 Å². The fraction of sp³-hybridized carbons (Fsp3) is 0.0714. The maximum atomic E-state index is 12.3. The normalized spacial score (nSPS) is 11.0. The molecule has 0 bridgehead atoms. The molecule has 2 N–H and O–H groups in total. The SMILES string of the molecule is CS(=O)(=O)Nc1ccc(Cl)c(C(=O)Nc2ccc(I)cc2)c1. The van der Waals surface area contributed by atoms with Gasteiger partial charge in [-0.2, -0.15) is 0 Å². The summed E-state index contributed by atoms with van der Waals surface area (Å²) in [6, 6.07) is 11.6. The van der Waals surface area contributed by atoms with Crippen molar-refractivity contribution in [3.05, 3.63) is 56.6 Å². The van der Waals surface area contributed by atoms with Gasteiger partial charge in [0.25, 0.3) is 5.91 Å². The van der Waals surface area contributed by atoms with Crippen molar-refractivity contribution in [1.29, 1.82) is 0 Å². The van der Waals surface area contributed by atoms with Crippen LogP contribution in [-0.2, 0) is 10.0 Å². The summed E-state index contributed by atoms with van der Waals surface area (Å²) in [5.41, 5.74) is 1.09. The van der Waals surface area contributed by atoms with E-state index in [0.717, 1.165) is 9.83 Å². The average Bonchev–Trinajstić information content (AvgIpc) is 2.42. The summed E-state index contributed by atoms with van der Waals surface area (Å²) in [5.74, 6) is -0.414. The summed E-state index contributed by atoms with van der Waals surface area (Å²) in [7, 11) is -3.42. The fourth-order valence-electron chi connectivity index (χ4n) is 1.71. The van der Waals surface area contributed by atoms with E-state index in [1.165, 1.54) is 18.2 Å². The zero-order chi connectivity index (χ0) is 16.3. The Balaban J connectivity index is 2.25. The van der Waals surface area contributed by atoms with Crippen molar-refractivity contribution in [3.8, 4) is 0 Å². The molecule has 0 aliphatic rings. The van der Waals surface area contributed by atoms with Gasteiger partial charge in [0.15, 0.2) is 0 Å². The maximum absolute atomic E-state index is 12.3. The molecule has 0 atom stereocenters. The van der Waals surface area contributed by atoms with Gasteiger partial charge in [0, 0.05) is 14.9 Å². The third kappa shape index (κ3) is 4.85. The Morgan fingerprint density at radius 2 is 1.68 bits per heavy atom. The molecule has 116 valence electrons. The third-order valence-electron chi connectivity index (χ3n) is 2.62. The molecule has 0 saturated carbocycles. The number of hydrogen-bond donors (Lipinski definition) is 2. The van der Waals surface area contributed by atoms with E-state index in [2.05, 4.69) is 32.6 Å². The number of amides is 1. The highest BCUT2D eigenvalue weighted by Crippen LogP contribution is 2.22. The Kier molecular flexibility index (Phi) is 5.30. The van der Waals surface area contributed by atoms with Crippen LogP contribution in [-0.4, -0.2) is 20.6 Å². The number of rotatable bonds is 4. The second-order valence-corrected chi connectivity index (χ2v) is 7.93. The van der Waals surface area contributed by atoms with Crippen LogP contribution < -0.4 is 10.0 Å². The molecule has 0 fully saturated rings. The Bertz CT molecular complexity index is 807. The second-order valence-electron chi connectivity index (χ2n) is 4.53. The maximum Gasteiger partial charge on any atom is 0.257 e. The van der Waals surface area contributed by atoms with E-state index in [0.29, 0.717) is 5.69 Å². The van der Waals surface area contributed by atoms with Crippen LogP contribution in [0, 0.1) is 3.57 Å². The Hall–Kier alpha value is -1.32. The van der Waals surface area contributed by atoms with Gasteiger partial charge in [-0.15, -0.1) is 0 Å². The van der Waals surface area contributed by atoms with Crippen molar-refractivity contribution in [2.75, 3.05) is 16.3 Å². The van der Waals surface area contributed by atoms with Crippen molar-refractivity contribution in [1.82, 2.24) is 0 Å². The van der Waals surface area contributed by atoms with Crippen LogP contribution in [0.2, 0.25) is 5.02 Å². The minimum absolute atomic E-state index is 0.189. The van der Waals surface area contributed by atoms with E-state index in [4.69, 9.17) is 11.6 Å². The summed E-state index contributed by atoms with van der Waals surface area (Å²) in [4.78, 5) is 12.3. The van der Waals surface area contributed by atoms with Crippen LogP contribution in [0.1, 0.15) is 10.4 Å². The van der Waals surface area contributed by atoms with Crippen LogP contribution >= 0.6 is 34.2 Å². The smallest absolute Gasteiger partial charge is 0.257 e. The topological polar surface area (TPSA) is 75.3 Å². The lowest BCUT2D eigenvalue weighted by molar-refractivity contribution is 0.102. The Morgan fingerprint density at radius 3 is 2.27 bits per heavy atom. The highest BCUT2D eigenvalue weighted by molar-refractivity contribution is 14.1. The lowest BCUT2D eigenvalue weighted by Gasteiger charge is -2.10. The van der Waals surface area contributed by atoms with E-state index in [-0.39, 0.29) is 16.3 Å². The van der Waals surface area contributed by atoms with Gasteiger partial charge in [-0.25, -0.2) is 8.42 Å². The molecule has 0 heterocycles. The first-order valence-electron chi connectivity index (χ1n) is 6.09. The molecule has 0 spiro atoms. The Labute approximate surface area is 147 Å². The van der Waals surface area contributed by atoms with Gasteiger partial charge in [0.1, 0.15) is 0 Å². The van der Waals surface area contributed by atoms with Gasteiger partial charge in [0.2, 0.25) is 10.0 Å². The number of carbonyl (C=O) groups excluding carboxylic acids is 1. The van der Waals surface area contributed by atoms with Gasteiger partial charge < -0.3 is 5.32 Å². The summed E-state index contributed by atoms with van der Waals surface area (Å²) in [6.45, 7) is 0. The van der Waals surface area contributed by atoms with Gasteiger partial charge in [0.05, 0.1) is 16.8 Å². The molecule has 0 aliphatic carbocycles. The van der Waals surface area contributed by atoms with Gasteiger partial charge in [-0.05, 0) is 65.1 Å². The number of halogens is 2. The lowest BCUT2D eigenvalue weighted by atomic mass is 10.2. The summed E-state index contributed by atoms with van der Waals surface area (Å²) < 4.78 is 25.8. The number of hydrogen-bond acceptors (Lipinski definition) is 3. The van der Waals surface area contributed by atoms with Crippen molar-refractivity contribution >= 4 is 61.5 Å². The molecule has 22 heavy (non-hydrogen) atoms. The number of sulfonamides is 1. The van der Waals surface area contributed by atoms with E-state index in [9.17, 15) is 13.2 Å². The van der Waals surface area contributed by atoms with Gasteiger partial charge in [-0.1, -0.05) is 11.6 Å². The van der Waals surface area contributed by atoms with Crippen LogP contribution in [0.3, 0.4) is 0 Å². The molecule has 0 saturated heterocycles. The van der Waals surface area contributed by atoms with Crippen LogP contribution in [0.5, 0.6) is 0 Å². The number of nitrogens with one attached hydrogen (secondary N) is 2. The zero-order valence-corrected chi connectivity index (χ0v) is 15.2. The number of carbonyl (C=O) groups is 1. The van der Waals surface area contributed by atoms with E-state index in [1.807, 2.05) is 12.1 Å². The van der Waals surface area contributed by atoms with Crippen LogP contribution in [0.15, 0.2) is 42.5 Å². The molecule has 0 aliphatic heterocycles. The van der Waals surface area contributed by atoms with Crippen molar-refractivity contribution < 1.29 is 13.2 Å². The minimum atomic E-state index is -3.42. The predicted octanol–water partition coefficient (Wildman–Crippen LogP) is 3.57. The standard InChI is InChI=1S/C14H12ClIN2O3S/c1-22(20,21)18-11-6-7-13(15)12(8-11)14(19)17-10-4-2-9(16)3-5-10/h2-8,18H,1H3,(H,17,19). The van der Waals surface area contributed by atoms with Gasteiger partial charge in [-0.3, -0.25) is 9.52 Å². The summed E-state index contributed by atoms with van der Waals surface area (Å²) in [6.07, 6.45) is 1.03. The van der Waals surface area contributed by atoms with E-state index >= 15 is 0 Å². The van der Waals surface area contributed by atoms with E-state index in [1.54, 1.807) is 12.1 Å². The monoisotopic (exact) mass is 450 g/mol. The molecule has 1 amide bonds. The molecule has 2 aromatic rings. The van der Waals surface area contributed by atoms with Crippen LogP contribution in [0.4, 0.5) is 11.4 Å². The Morgan fingerprint density at radius 1 is 1.09 bits per heavy atom. The fourth-order valence-corrected chi connectivity index (χ4v) is 2.83. The molecule has 0 unspecified atom stereocenters. The number of benzene rings is 2. The molecule has 0 aromatic heterocycles. The van der Waals surface area contributed by atoms with Gasteiger partial charge >= 0.3 is 0 Å². The van der Waals surface area contributed by atoms with Crippen molar-refractivity contribution in [3.63, 3.8) is 0 Å². The molecular weight excluding hydrogens is 439 g/mol. The molecule has 2 rings (SSSR count). The van der Waals surface area contributed by atoms with Crippen molar-refractivity contribution in [2.45, 2.75) is 0 Å². The van der Waals surface area contributed by atoms with Crippen molar-refractivity contribution in [2.24, 2.45) is 0 Å². The second kappa shape index (κ2) is 6.84. The quantitative estimate of drug-likeness (QED) is 0.699. The highest BCUT2D eigenvalue weighted by atomic mass is 127. The predicted molar refractivity (Wildman–Crippen MR) is 97.0 cm³/mol.